The van der Waals surface area contributed by atoms with Crippen LogP contribution in [0.4, 0.5) is 13.6 Å². The smallest absolute Gasteiger partial charge is 0.407 e. The zero-order valence-corrected chi connectivity index (χ0v) is 24.8. The van der Waals surface area contributed by atoms with Crippen LogP contribution >= 0.6 is 0 Å². The summed E-state index contributed by atoms with van der Waals surface area (Å²) in [5.74, 6) is -1.19. The number of nitrogens with zero attached hydrogens (tertiary/aromatic N) is 2. The number of benzene rings is 2. The molecule has 1 saturated carbocycles. The van der Waals surface area contributed by atoms with Gasteiger partial charge in [-0.3, -0.25) is 9.20 Å². The molecule has 0 aliphatic heterocycles. The average molecular weight is 591 g/mol. The van der Waals surface area contributed by atoms with Gasteiger partial charge in [0.2, 0.25) is 0 Å². The van der Waals surface area contributed by atoms with Crippen molar-refractivity contribution < 1.29 is 27.8 Å². The molecule has 5 rings (SSSR count). The number of carbonyl (C=O) groups is 2. The summed E-state index contributed by atoms with van der Waals surface area (Å²) in [7, 11) is 0. The largest absolute Gasteiger partial charge is 0.485 e. The van der Waals surface area contributed by atoms with E-state index in [1.807, 2.05) is 51.1 Å². The summed E-state index contributed by atoms with van der Waals surface area (Å²) >= 11 is 0. The lowest BCUT2D eigenvalue weighted by Crippen LogP contribution is -2.53. The van der Waals surface area contributed by atoms with Crippen molar-refractivity contribution in [3.63, 3.8) is 0 Å². The van der Waals surface area contributed by atoms with Crippen LogP contribution in [-0.2, 0) is 18.0 Å². The minimum absolute atomic E-state index is 0.126. The fraction of sp³-hybridized carbons (Fsp3) is 0.364. The Balaban J connectivity index is 1.28. The second kappa shape index (κ2) is 12.4. The van der Waals surface area contributed by atoms with Crippen molar-refractivity contribution in [2.45, 2.75) is 71.6 Å². The number of rotatable bonds is 11. The molecule has 10 heteroatoms. The number of aromatic nitrogens is 2. The first-order valence-corrected chi connectivity index (χ1v) is 14.4. The van der Waals surface area contributed by atoms with E-state index in [0.717, 1.165) is 24.0 Å². The Morgan fingerprint density at radius 3 is 2.53 bits per heavy atom. The van der Waals surface area contributed by atoms with E-state index in [1.54, 1.807) is 23.6 Å². The van der Waals surface area contributed by atoms with Crippen LogP contribution in [0.1, 0.15) is 77.5 Å². The molecule has 2 N–H and O–H groups in total. The molecule has 2 amide bonds. The van der Waals surface area contributed by atoms with Crippen molar-refractivity contribution in [3.8, 4) is 5.75 Å². The molecule has 8 nitrogen and oxygen atoms in total. The number of fused-ring (bicyclic) bond motifs is 1. The van der Waals surface area contributed by atoms with E-state index in [1.165, 1.54) is 12.1 Å². The fourth-order valence-electron chi connectivity index (χ4n) is 4.97. The Morgan fingerprint density at radius 1 is 1.09 bits per heavy atom. The van der Waals surface area contributed by atoms with Crippen molar-refractivity contribution in [3.05, 3.63) is 100 Å². The van der Waals surface area contributed by atoms with Crippen LogP contribution in [0.3, 0.4) is 0 Å². The van der Waals surface area contributed by atoms with Crippen LogP contribution in [0.25, 0.3) is 5.65 Å². The van der Waals surface area contributed by atoms with Crippen LogP contribution in [0, 0.1) is 25.5 Å². The molecule has 2 aromatic carbocycles. The second-order valence-corrected chi connectivity index (χ2v) is 11.4. The molecule has 0 radical (unpaired) electrons. The van der Waals surface area contributed by atoms with Crippen molar-refractivity contribution in [1.82, 2.24) is 20.0 Å². The summed E-state index contributed by atoms with van der Waals surface area (Å²) in [6, 6.07) is 13.9. The van der Waals surface area contributed by atoms with E-state index in [-0.39, 0.29) is 31.2 Å². The molecule has 1 aliphatic rings. The van der Waals surface area contributed by atoms with Gasteiger partial charge in [-0.1, -0.05) is 43.3 Å². The first kappa shape index (κ1) is 30.0. The molecule has 2 heterocycles. The number of pyridine rings is 1. The molecular formula is C33H36F2N4O4. The summed E-state index contributed by atoms with van der Waals surface area (Å²) in [6.07, 6.45) is 3.49. The number of imidazole rings is 1. The minimum atomic E-state index is -0.773. The van der Waals surface area contributed by atoms with E-state index in [2.05, 4.69) is 15.6 Å². The molecular weight excluding hydrogens is 554 g/mol. The normalized spacial score (nSPS) is 14.3. The molecule has 0 bridgehead atoms. The SMILES string of the molecule is CCC(C)(CNC(=O)c1c(C)nc2c(OCc3c(F)ccc(C4CC4)c3F)cc(C)cn12)NC(=O)OCc1ccccc1. The number of hydrogen-bond donors (Lipinski definition) is 2. The third kappa shape index (κ3) is 6.79. The van der Waals surface area contributed by atoms with Crippen LogP contribution in [0.15, 0.2) is 54.7 Å². The lowest BCUT2D eigenvalue weighted by molar-refractivity contribution is 0.0923. The van der Waals surface area contributed by atoms with Gasteiger partial charge in [-0.05, 0) is 74.8 Å². The second-order valence-electron chi connectivity index (χ2n) is 11.4. The van der Waals surface area contributed by atoms with Gasteiger partial charge in [-0.25, -0.2) is 18.6 Å². The predicted octanol–water partition coefficient (Wildman–Crippen LogP) is 6.51. The van der Waals surface area contributed by atoms with Gasteiger partial charge < -0.3 is 20.1 Å². The molecule has 0 spiro atoms. The fourth-order valence-corrected chi connectivity index (χ4v) is 4.97. The Morgan fingerprint density at radius 2 is 1.84 bits per heavy atom. The number of alkyl carbamates (subject to hydrolysis) is 1. The standard InChI is InChI=1S/C33H36F2N4O4/c1-5-33(4,38-32(41)43-17-22-9-7-6-8-10-22)19-36-31(40)29-21(3)37-30-27(15-20(2)16-39(29)30)42-18-25-26(34)14-13-24(28(25)35)23-11-12-23/h6-10,13-16,23H,5,11-12,17-19H2,1-4H3,(H,36,40)(H,38,41). The van der Waals surface area contributed by atoms with Crippen molar-refractivity contribution >= 4 is 17.6 Å². The summed E-state index contributed by atoms with van der Waals surface area (Å²) in [5, 5.41) is 5.77. The molecule has 43 heavy (non-hydrogen) atoms. The van der Waals surface area contributed by atoms with Gasteiger partial charge in [-0.2, -0.15) is 0 Å². The molecule has 4 aromatic rings. The van der Waals surface area contributed by atoms with Crippen molar-refractivity contribution in [1.29, 1.82) is 0 Å². The maximum Gasteiger partial charge on any atom is 0.407 e. The van der Waals surface area contributed by atoms with Gasteiger partial charge in [0.25, 0.3) is 5.91 Å². The molecule has 226 valence electrons. The minimum Gasteiger partial charge on any atom is -0.485 e. The highest BCUT2D eigenvalue weighted by atomic mass is 19.1. The number of ether oxygens (including phenoxy) is 2. The lowest BCUT2D eigenvalue weighted by atomic mass is 9.99. The van der Waals surface area contributed by atoms with E-state index in [4.69, 9.17) is 9.47 Å². The number of halogens is 2. The molecule has 0 saturated heterocycles. The predicted molar refractivity (Wildman–Crippen MR) is 158 cm³/mol. The molecule has 1 atom stereocenters. The highest BCUT2D eigenvalue weighted by Gasteiger charge is 2.30. The summed E-state index contributed by atoms with van der Waals surface area (Å²) in [6.45, 7) is 7.23. The van der Waals surface area contributed by atoms with E-state index < -0.39 is 29.2 Å². The highest BCUT2D eigenvalue weighted by Crippen LogP contribution is 2.42. The Kier molecular flexibility index (Phi) is 8.66. The summed E-state index contributed by atoms with van der Waals surface area (Å²) in [4.78, 5) is 30.5. The van der Waals surface area contributed by atoms with E-state index >= 15 is 4.39 Å². The number of carbonyl (C=O) groups excluding carboxylic acids is 2. The monoisotopic (exact) mass is 590 g/mol. The van der Waals surface area contributed by atoms with Gasteiger partial charge >= 0.3 is 6.09 Å². The first-order chi connectivity index (χ1) is 20.6. The number of amides is 2. The Labute approximate surface area is 249 Å². The van der Waals surface area contributed by atoms with E-state index in [0.29, 0.717) is 34.8 Å². The Hall–Kier alpha value is -4.47. The topological polar surface area (TPSA) is 94.0 Å². The maximum atomic E-state index is 15.1. The van der Waals surface area contributed by atoms with Crippen molar-refractivity contribution in [2.75, 3.05) is 6.54 Å². The average Bonchev–Trinajstić information content (AvgIpc) is 3.77. The number of hydrogen-bond acceptors (Lipinski definition) is 5. The third-order valence-corrected chi connectivity index (χ3v) is 7.85. The number of nitrogens with one attached hydrogen (secondary N) is 2. The van der Waals surface area contributed by atoms with Gasteiger partial charge in [0.05, 0.1) is 16.8 Å². The van der Waals surface area contributed by atoms with Gasteiger partial charge in [-0.15, -0.1) is 0 Å². The maximum absolute atomic E-state index is 15.1. The van der Waals surface area contributed by atoms with Crippen LogP contribution < -0.4 is 15.4 Å². The quantitative estimate of drug-likeness (QED) is 0.208. The van der Waals surface area contributed by atoms with Crippen molar-refractivity contribution in [2.24, 2.45) is 0 Å². The van der Waals surface area contributed by atoms with Crippen LogP contribution in [0.5, 0.6) is 5.75 Å². The molecule has 1 fully saturated rings. The first-order valence-electron chi connectivity index (χ1n) is 14.4. The third-order valence-electron chi connectivity index (χ3n) is 7.85. The van der Waals surface area contributed by atoms with Gasteiger partial charge in [0.1, 0.15) is 30.5 Å². The highest BCUT2D eigenvalue weighted by molar-refractivity contribution is 5.95. The zero-order valence-electron chi connectivity index (χ0n) is 24.8. The van der Waals surface area contributed by atoms with E-state index in [9.17, 15) is 14.0 Å². The summed E-state index contributed by atoms with van der Waals surface area (Å²) < 4.78 is 42.5. The molecule has 2 aromatic heterocycles. The van der Waals surface area contributed by atoms with Gasteiger partial charge in [0, 0.05) is 12.7 Å². The van der Waals surface area contributed by atoms with Crippen LogP contribution in [0.2, 0.25) is 0 Å². The lowest BCUT2D eigenvalue weighted by Gasteiger charge is -2.29. The zero-order chi connectivity index (χ0) is 30.7. The molecule has 1 unspecified atom stereocenters. The molecule has 1 aliphatic carbocycles. The van der Waals surface area contributed by atoms with Gasteiger partial charge in [0.15, 0.2) is 11.4 Å². The van der Waals surface area contributed by atoms with Crippen LogP contribution in [-0.4, -0.2) is 33.5 Å². The number of aryl methyl sites for hydroxylation is 2. The summed E-state index contributed by atoms with van der Waals surface area (Å²) in [5.41, 5.74) is 2.35. The Bertz CT molecular complexity index is 1650.